The van der Waals surface area contributed by atoms with Crippen molar-refractivity contribution in [2.45, 2.75) is 96.8 Å². The average Bonchev–Trinajstić information content (AvgIpc) is 2.67. The van der Waals surface area contributed by atoms with Crippen LogP contribution in [0.1, 0.15) is 108 Å². The summed E-state index contributed by atoms with van der Waals surface area (Å²) in [5.74, 6) is 2.71. The van der Waals surface area contributed by atoms with Crippen LogP contribution in [-0.4, -0.2) is 0 Å². The molecular weight excluding hydrogens is 300 g/mol. The van der Waals surface area contributed by atoms with Crippen molar-refractivity contribution in [2.24, 2.45) is 11.8 Å². The Labute approximate surface area is 156 Å². The first-order chi connectivity index (χ1) is 12.3. The Hall–Kier alpha value is -1.04. The summed E-state index contributed by atoms with van der Waals surface area (Å²) in [6.07, 6.45) is 19.3. The first kappa shape index (κ1) is 18.7. The highest BCUT2D eigenvalue weighted by molar-refractivity contribution is 5.66. The Kier molecular flexibility index (Phi) is 7.20. The Bertz CT molecular complexity index is 528. The fourth-order valence-electron chi connectivity index (χ4n) is 4.84. The molecule has 0 nitrogen and oxygen atoms in total. The zero-order chi connectivity index (χ0) is 17.5. The van der Waals surface area contributed by atoms with Crippen LogP contribution in [0.3, 0.4) is 0 Å². The van der Waals surface area contributed by atoms with Crippen molar-refractivity contribution < 1.29 is 0 Å². The van der Waals surface area contributed by atoms with Gasteiger partial charge in [-0.05, 0) is 66.6 Å². The van der Waals surface area contributed by atoms with Crippen molar-refractivity contribution in [3.63, 3.8) is 0 Å². The summed E-state index contributed by atoms with van der Waals surface area (Å²) in [5, 5.41) is 0. The monoisotopic (exact) mass is 338 g/mol. The van der Waals surface area contributed by atoms with E-state index < -0.39 is 0 Å². The minimum Gasteiger partial charge on any atom is -0.0804 e. The van der Waals surface area contributed by atoms with Gasteiger partial charge in [0.25, 0.3) is 0 Å². The van der Waals surface area contributed by atoms with E-state index in [1.54, 1.807) is 11.1 Å². The predicted molar refractivity (Wildman–Crippen MR) is 111 cm³/mol. The number of rotatable bonds is 7. The van der Waals surface area contributed by atoms with Gasteiger partial charge in [-0.15, -0.1) is 0 Å². The molecule has 0 N–H and O–H groups in total. The summed E-state index contributed by atoms with van der Waals surface area (Å²) in [6, 6.07) is 9.66. The summed E-state index contributed by atoms with van der Waals surface area (Å²) in [6.45, 7) is 4.71. The van der Waals surface area contributed by atoms with E-state index in [2.05, 4.69) is 44.2 Å². The van der Waals surface area contributed by atoms with Crippen LogP contribution in [0.5, 0.6) is 0 Å². The summed E-state index contributed by atoms with van der Waals surface area (Å²) in [5.41, 5.74) is 4.67. The van der Waals surface area contributed by atoms with Gasteiger partial charge < -0.3 is 0 Å². The first-order valence-corrected chi connectivity index (χ1v) is 11.1. The molecule has 25 heavy (non-hydrogen) atoms. The van der Waals surface area contributed by atoms with Crippen molar-refractivity contribution in [3.05, 3.63) is 41.5 Å². The van der Waals surface area contributed by atoms with E-state index in [9.17, 15) is 0 Å². The molecule has 0 amide bonds. The van der Waals surface area contributed by atoms with Gasteiger partial charge in [0.05, 0.1) is 0 Å². The van der Waals surface area contributed by atoms with Gasteiger partial charge in [0.2, 0.25) is 0 Å². The minimum atomic E-state index is 0.818. The lowest BCUT2D eigenvalue weighted by atomic mass is 9.79. The van der Waals surface area contributed by atoms with Crippen molar-refractivity contribution in [3.8, 4) is 0 Å². The number of unbranched alkanes of at least 4 members (excludes halogenated alkanes) is 3. The normalized spacial score (nSPS) is 27.1. The molecule has 0 aromatic heterocycles. The fourth-order valence-corrected chi connectivity index (χ4v) is 4.84. The molecule has 0 bridgehead atoms. The number of hydrogen-bond acceptors (Lipinski definition) is 0. The molecule has 1 unspecified atom stereocenters. The van der Waals surface area contributed by atoms with E-state index in [0.29, 0.717) is 0 Å². The van der Waals surface area contributed by atoms with E-state index in [-0.39, 0.29) is 0 Å². The lowest BCUT2D eigenvalue weighted by Crippen LogP contribution is -2.10. The van der Waals surface area contributed by atoms with Gasteiger partial charge in [-0.1, -0.05) is 89.1 Å². The van der Waals surface area contributed by atoms with Gasteiger partial charge in [0.15, 0.2) is 0 Å². The quantitative estimate of drug-likeness (QED) is 0.440. The van der Waals surface area contributed by atoms with Crippen molar-refractivity contribution in [1.29, 1.82) is 0 Å². The van der Waals surface area contributed by atoms with Gasteiger partial charge in [0.1, 0.15) is 0 Å². The third-order valence-corrected chi connectivity index (χ3v) is 6.75. The molecule has 1 aromatic rings. The summed E-state index contributed by atoms with van der Waals surface area (Å²) in [7, 11) is 0. The van der Waals surface area contributed by atoms with E-state index in [1.807, 2.05) is 0 Å². The first-order valence-electron chi connectivity index (χ1n) is 11.1. The van der Waals surface area contributed by atoms with Gasteiger partial charge in [0, 0.05) is 0 Å². The van der Waals surface area contributed by atoms with Crippen LogP contribution in [0.25, 0.3) is 5.57 Å². The molecule has 2 aliphatic rings. The second kappa shape index (κ2) is 9.60. The third-order valence-electron chi connectivity index (χ3n) is 6.75. The number of hydrogen-bond donors (Lipinski definition) is 0. The zero-order valence-corrected chi connectivity index (χ0v) is 16.6. The Morgan fingerprint density at radius 1 is 0.880 bits per heavy atom. The van der Waals surface area contributed by atoms with E-state index in [4.69, 9.17) is 0 Å². The molecule has 0 saturated heterocycles. The van der Waals surface area contributed by atoms with Crippen LogP contribution in [0.4, 0.5) is 0 Å². The van der Waals surface area contributed by atoms with E-state index in [0.717, 1.165) is 17.8 Å². The van der Waals surface area contributed by atoms with Gasteiger partial charge in [-0.25, -0.2) is 0 Å². The molecule has 0 spiro atoms. The molecule has 1 aromatic carbocycles. The molecule has 0 radical (unpaired) electrons. The van der Waals surface area contributed by atoms with Crippen molar-refractivity contribution in [1.82, 2.24) is 0 Å². The van der Waals surface area contributed by atoms with E-state index >= 15 is 0 Å². The lowest BCUT2D eigenvalue weighted by molar-refractivity contribution is 0.348. The molecule has 0 aliphatic heterocycles. The van der Waals surface area contributed by atoms with Crippen LogP contribution in [0.15, 0.2) is 30.3 Å². The molecule has 138 valence electrons. The van der Waals surface area contributed by atoms with Crippen LogP contribution in [0.2, 0.25) is 0 Å². The topological polar surface area (TPSA) is 0 Å². The summed E-state index contributed by atoms with van der Waals surface area (Å²) >= 11 is 0. The maximum Gasteiger partial charge on any atom is -0.0162 e. The van der Waals surface area contributed by atoms with E-state index in [1.165, 1.54) is 82.6 Å². The predicted octanol–water partition coefficient (Wildman–Crippen LogP) is 8.13. The molecule has 1 atom stereocenters. The van der Waals surface area contributed by atoms with Crippen molar-refractivity contribution in [2.75, 3.05) is 0 Å². The van der Waals surface area contributed by atoms with Crippen LogP contribution >= 0.6 is 0 Å². The maximum atomic E-state index is 2.55. The van der Waals surface area contributed by atoms with Crippen LogP contribution < -0.4 is 0 Å². The fraction of sp³-hybridized carbons (Fsp3) is 0.680. The zero-order valence-electron chi connectivity index (χ0n) is 16.6. The molecule has 0 heterocycles. The summed E-state index contributed by atoms with van der Waals surface area (Å²) in [4.78, 5) is 0. The molecule has 1 fully saturated rings. The number of benzene rings is 1. The van der Waals surface area contributed by atoms with Gasteiger partial charge in [-0.3, -0.25) is 0 Å². The third kappa shape index (κ3) is 5.47. The van der Waals surface area contributed by atoms with Gasteiger partial charge in [-0.2, -0.15) is 0 Å². The summed E-state index contributed by atoms with van der Waals surface area (Å²) < 4.78 is 0. The highest BCUT2D eigenvalue weighted by Gasteiger charge is 2.20. The Morgan fingerprint density at radius 3 is 2.28 bits per heavy atom. The Balaban J connectivity index is 1.50. The smallest absolute Gasteiger partial charge is 0.0162 e. The van der Waals surface area contributed by atoms with Crippen molar-refractivity contribution >= 4 is 5.57 Å². The highest BCUT2D eigenvalue weighted by Crippen LogP contribution is 2.37. The second-order valence-electron chi connectivity index (χ2n) is 8.80. The van der Waals surface area contributed by atoms with Gasteiger partial charge >= 0.3 is 0 Å². The molecular formula is C25H38. The highest BCUT2D eigenvalue weighted by atomic mass is 14.3. The van der Waals surface area contributed by atoms with Crippen LogP contribution in [-0.2, 0) is 0 Å². The molecule has 3 rings (SSSR count). The Morgan fingerprint density at radius 2 is 1.64 bits per heavy atom. The molecule has 0 heteroatoms. The lowest BCUT2D eigenvalue weighted by Gasteiger charge is -2.27. The molecule has 1 saturated carbocycles. The standard InChI is InChI=1S/C25H38/c1-3-4-5-6-7-21-10-14-23(15-11-21)25-18-16-24(17-19-25)22-12-8-20(2)9-13-22/h14,16-22H,3-13,15H2,1-2H3. The molecule has 2 aliphatic carbocycles. The second-order valence-corrected chi connectivity index (χ2v) is 8.80. The average molecular weight is 339 g/mol. The largest absolute Gasteiger partial charge is 0.0804 e. The SMILES string of the molecule is CCCCCCC1CC=C(c2ccc(C3CCC(C)CC3)cc2)CC1. The number of allylic oxidation sites excluding steroid dienone is 2. The van der Waals surface area contributed by atoms with Crippen LogP contribution in [0, 0.1) is 11.8 Å². The minimum absolute atomic E-state index is 0.818. The maximum absolute atomic E-state index is 2.55.